The Morgan fingerprint density at radius 1 is 1.27 bits per heavy atom. The Hall–Kier alpha value is -1.40. The van der Waals surface area contributed by atoms with E-state index in [2.05, 4.69) is 15.8 Å². The van der Waals surface area contributed by atoms with Gasteiger partial charge in [-0.2, -0.15) is 4.73 Å². The monoisotopic (exact) mass is 320 g/mol. The molecule has 0 spiro atoms. The first-order chi connectivity index (χ1) is 10.6. The Bertz CT molecular complexity index is 517. The second-order valence-corrected chi connectivity index (χ2v) is 6.93. The van der Waals surface area contributed by atoms with Crippen LogP contribution in [0.1, 0.15) is 44.3 Å². The van der Waals surface area contributed by atoms with Crippen LogP contribution in [0.25, 0.3) is 0 Å². The third kappa shape index (κ3) is 3.50. The predicted octanol–water partition coefficient (Wildman–Crippen LogP) is 1.88. The van der Waals surface area contributed by atoms with Crippen LogP contribution in [0.15, 0.2) is 24.4 Å². The van der Waals surface area contributed by atoms with Crippen molar-refractivity contribution in [1.82, 2.24) is 15.8 Å². The number of thiocarbonyl (C=S) groups is 1. The molecule has 0 radical (unpaired) electrons. The maximum absolute atomic E-state index is 11.8. The van der Waals surface area contributed by atoms with E-state index >= 15 is 0 Å². The number of rotatable bonds is 3. The molecule has 3 aliphatic rings. The van der Waals surface area contributed by atoms with E-state index in [1.807, 2.05) is 19.1 Å². The third-order valence-electron chi connectivity index (χ3n) is 4.90. The van der Waals surface area contributed by atoms with Crippen molar-refractivity contribution in [2.75, 3.05) is 13.1 Å². The Balaban J connectivity index is 1.55. The second kappa shape index (κ2) is 6.79. The summed E-state index contributed by atoms with van der Waals surface area (Å²) in [6, 6.07) is 5.31. The van der Waals surface area contributed by atoms with E-state index in [1.165, 1.54) is 31.9 Å². The van der Waals surface area contributed by atoms with Crippen LogP contribution in [0.3, 0.4) is 0 Å². The van der Waals surface area contributed by atoms with Gasteiger partial charge in [-0.05, 0) is 62.7 Å². The van der Waals surface area contributed by atoms with Gasteiger partial charge in [0.1, 0.15) is 6.04 Å². The van der Waals surface area contributed by atoms with E-state index in [-0.39, 0.29) is 6.04 Å². The Labute approximate surface area is 137 Å². The van der Waals surface area contributed by atoms with Crippen LogP contribution in [0.5, 0.6) is 0 Å². The van der Waals surface area contributed by atoms with Gasteiger partial charge in [0.15, 0.2) is 11.3 Å². The molecule has 1 aliphatic carbocycles. The summed E-state index contributed by atoms with van der Waals surface area (Å²) in [4.78, 5) is 2.29. The van der Waals surface area contributed by atoms with E-state index in [0.717, 1.165) is 34.8 Å². The highest BCUT2D eigenvalue weighted by molar-refractivity contribution is 7.80. The number of pyridine rings is 1. The highest BCUT2D eigenvalue weighted by Crippen LogP contribution is 2.33. The minimum Gasteiger partial charge on any atom is -0.618 e. The Morgan fingerprint density at radius 3 is 2.50 bits per heavy atom. The molecule has 1 saturated carbocycles. The van der Waals surface area contributed by atoms with Gasteiger partial charge < -0.3 is 10.1 Å². The van der Waals surface area contributed by atoms with Gasteiger partial charge in [0.05, 0.1) is 0 Å². The summed E-state index contributed by atoms with van der Waals surface area (Å²) in [7, 11) is 0. The van der Waals surface area contributed by atoms with Crippen molar-refractivity contribution in [1.29, 1.82) is 0 Å². The molecule has 3 fully saturated rings. The SMILES string of the molecule is C[C@H](NNC(=S)N1CC2CCC(CC2)C1)c1cccc[n+]1[O-]. The molecular weight excluding hydrogens is 296 g/mol. The largest absolute Gasteiger partial charge is 0.618 e. The number of hydrazine groups is 1. The Morgan fingerprint density at radius 2 is 1.91 bits per heavy atom. The molecule has 5 nitrogen and oxygen atoms in total. The van der Waals surface area contributed by atoms with Gasteiger partial charge in [0, 0.05) is 25.2 Å². The maximum Gasteiger partial charge on any atom is 0.211 e. The van der Waals surface area contributed by atoms with Crippen LogP contribution in [0, 0.1) is 17.0 Å². The maximum atomic E-state index is 11.8. The molecule has 2 bridgehead atoms. The van der Waals surface area contributed by atoms with Crippen LogP contribution in [0.2, 0.25) is 0 Å². The smallest absolute Gasteiger partial charge is 0.211 e. The summed E-state index contributed by atoms with van der Waals surface area (Å²) in [5.74, 6) is 1.57. The summed E-state index contributed by atoms with van der Waals surface area (Å²) in [5.41, 5.74) is 6.96. The molecule has 0 amide bonds. The standard InChI is InChI=1S/C16H24N4OS/c1-12(15-4-2-3-9-20(15)21)17-18-16(22)19-10-13-5-6-14(11-19)8-7-13/h2-4,9,12-14,17H,5-8,10-11H2,1H3,(H,18,22)/t12-,13?,14?/m0/s1. The van der Waals surface area contributed by atoms with E-state index in [9.17, 15) is 5.21 Å². The van der Waals surface area contributed by atoms with Crippen LogP contribution < -0.4 is 15.6 Å². The van der Waals surface area contributed by atoms with Gasteiger partial charge in [0.2, 0.25) is 5.69 Å². The first kappa shape index (κ1) is 15.5. The van der Waals surface area contributed by atoms with Gasteiger partial charge in [-0.1, -0.05) is 0 Å². The molecule has 6 heteroatoms. The third-order valence-corrected chi connectivity index (χ3v) is 5.26. The predicted molar refractivity (Wildman–Crippen MR) is 89.7 cm³/mol. The number of hydrogen-bond donors (Lipinski definition) is 2. The molecule has 4 rings (SSSR count). The molecule has 2 N–H and O–H groups in total. The lowest BCUT2D eigenvalue weighted by molar-refractivity contribution is -0.616. The highest BCUT2D eigenvalue weighted by atomic mass is 32.1. The van der Waals surface area contributed by atoms with E-state index < -0.39 is 0 Å². The second-order valence-electron chi connectivity index (χ2n) is 6.54. The topological polar surface area (TPSA) is 54.2 Å². The van der Waals surface area contributed by atoms with Gasteiger partial charge in [-0.15, -0.1) is 0 Å². The van der Waals surface area contributed by atoms with Gasteiger partial charge in [-0.25, -0.2) is 5.43 Å². The fourth-order valence-corrected chi connectivity index (χ4v) is 3.77. The fraction of sp³-hybridized carbons (Fsp3) is 0.625. The molecule has 3 heterocycles. The van der Waals surface area contributed by atoms with E-state index in [0.29, 0.717) is 5.69 Å². The average Bonchev–Trinajstić information content (AvgIpc) is 2.86. The number of fused-ring (bicyclic) bond motifs is 4. The highest BCUT2D eigenvalue weighted by Gasteiger charge is 2.30. The van der Waals surface area contributed by atoms with Crippen molar-refractivity contribution < 1.29 is 4.73 Å². The minimum atomic E-state index is -0.111. The molecule has 120 valence electrons. The quantitative estimate of drug-likeness (QED) is 0.385. The zero-order chi connectivity index (χ0) is 15.5. The van der Waals surface area contributed by atoms with Gasteiger partial charge in [0.25, 0.3) is 0 Å². The molecule has 22 heavy (non-hydrogen) atoms. The zero-order valence-corrected chi connectivity index (χ0v) is 13.8. The van der Waals surface area contributed by atoms with Gasteiger partial charge >= 0.3 is 0 Å². The lowest BCUT2D eigenvalue weighted by Gasteiger charge is -2.27. The molecule has 2 saturated heterocycles. The molecule has 1 atom stereocenters. The van der Waals surface area contributed by atoms with E-state index in [4.69, 9.17) is 12.2 Å². The van der Waals surface area contributed by atoms with Crippen molar-refractivity contribution in [3.63, 3.8) is 0 Å². The summed E-state index contributed by atoms with van der Waals surface area (Å²) in [6.45, 7) is 4.07. The number of nitrogens with zero attached hydrogens (tertiary/aromatic N) is 2. The molecule has 2 aliphatic heterocycles. The Kier molecular flexibility index (Phi) is 4.78. The number of hydrogen-bond acceptors (Lipinski definition) is 3. The zero-order valence-electron chi connectivity index (χ0n) is 13.0. The molecule has 1 aromatic heterocycles. The van der Waals surface area contributed by atoms with Crippen molar-refractivity contribution in [3.8, 4) is 0 Å². The molecular formula is C16H24N4OS. The summed E-state index contributed by atoms with van der Waals surface area (Å²) in [5, 5.41) is 12.5. The average molecular weight is 320 g/mol. The summed E-state index contributed by atoms with van der Waals surface area (Å²) >= 11 is 5.54. The minimum absolute atomic E-state index is 0.111. The van der Waals surface area contributed by atoms with Gasteiger partial charge in [-0.3, -0.25) is 5.43 Å². The summed E-state index contributed by atoms with van der Waals surface area (Å²) < 4.78 is 0.883. The first-order valence-electron chi connectivity index (χ1n) is 8.12. The van der Waals surface area contributed by atoms with Crippen molar-refractivity contribution in [2.24, 2.45) is 11.8 Å². The lowest BCUT2D eigenvalue weighted by Crippen LogP contribution is -2.50. The molecule has 0 aromatic carbocycles. The first-order valence-corrected chi connectivity index (χ1v) is 8.53. The lowest BCUT2D eigenvalue weighted by atomic mass is 9.84. The molecule has 0 unspecified atom stereocenters. The van der Waals surface area contributed by atoms with Crippen LogP contribution in [-0.2, 0) is 0 Å². The van der Waals surface area contributed by atoms with Crippen molar-refractivity contribution in [3.05, 3.63) is 35.3 Å². The van der Waals surface area contributed by atoms with E-state index in [1.54, 1.807) is 6.07 Å². The number of aromatic nitrogens is 1. The van der Waals surface area contributed by atoms with Crippen molar-refractivity contribution in [2.45, 2.75) is 38.6 Å². The summed E-state index contributed by atoms with van der Waals surface area (Å²) in [6.07, 6.45) is 6.88. The van der Waals surface area contributed by atoms with Crippen molar-refractivity contribution >= 4 is 17.3 Å². The van der Waals surface area contributed by atoms with Crippen LogP contribution >= 0.6 is 12.2 Å². The normalized spacial score (nSPS) is 25.6. The fourth-order valence-electron chi connectivity index (χ4n) is 3.56. The van der Waals surface area contributed by atoms with Crippen LogP contribution in [0.4, 0.5) is 0 Å². The van der Waals surface area contributed by atoms with Crippen LogP contribution in [-0.4, -0.2) is 23.1 Å². The molecule has 1 aromatic rings. The number of nitrogens with one attached hydrogen (secondary N) is 2.